The number of rotatable bonds is 5. The second-order valence-electron chi connectivity index (χ2n) is 4.83. The maximum atomic E-state index is 13.4. The van der Waals surface area contributed by atoms with Crippen molar-refractivity contribution in [1.29, 1.82) is 5.41 Å². The molecule has 1 rings (SSSR count). The van der Waals surface area contributed by atoms with Gasteiger partial charge < -0.3 is 10.5 Å². The third kappa shape index (κ3) is 3.73. The van der Waals surface area contributed by atoms with Crippen LogP contribution in [0.2, 0.25) is 0 Å². The first-order chi connectivity index (χ1) is 7.83. The molecule has 0 spiro atoms. The van der Waals surface area contributed by atoms with Crippen LogP contribution in [-0.4, -0.2) is 12.4 Å². The molecule has 0 atom stereocenters. The van der Waals surface area contributed by atoms with E-state index in [1.165, 1.54) is 6.07 Å². The molecule has 0 aromatic heterocycles. The highest BCUT2D eigenvalue weighted by Gasteiger charge is 2.21. The fraction of sp³-hybridized carbons (Fsp3) is 0.462. The van der Waals surface area contributed by atoms with Crippen LogP contribution in [-0.2, 0) is 0 Å². The molecule has 0 radical (unpaired) electrons. The minimum Gasteiger partial charge on any atom is -0.490 e. The average molecular weight is 238 g/mol. The van der Waals surface area contributed by atoms with E-state index in [-0.39, 0.29) is 17.4 Å². The number of hydrogen-bond donors (Lipinski definition) is 2. The number of aryl methyl sites for hydroxylation is 1. The van der Waals surface area contributed by atoms with Crippen molar-refractivity contribution in [2.24, 2.45) is 11.1 Å². The zero-order valence-corrected chi connectivity index (χ0v) is 10.5. The number of amidine groups is 1. The average Bonchev–Trinajstić information content (AvgIpc) is 2.22. The first kappa shape index (κ1) is 13.5. The Balaban J connectivity index is 2.57. The molecule has 0 amide bonds. The Morgan fingerprint density at radius 1 is 1.47 bits per heavy atom. The third-order valence-corrected chi connectivity index (χ3v) is 2.80. The molecule has 1 aromatic carbocycles. The van der Waals surface area contributed by atoms with Gasteiger partial charge in [0.15, 0.2) is 11.6 Å². The predicted molar refractivity (Wildman–Crippen MR) is 66.9 cm³/mol. The van der Waals surface area contributed by atoms with Crippen LogP contribution in [0.15, 0.2) is 18.2 Å². The summed E-state index contributed by atoms with van der Waals surface area (Å²) in [4.78, 5) is 0. The molecule has 0 heterocycles. The van der Waals surface area contributed by atoms with Crippen molar-refractivity contribution < 1.29 is 9.13 Å². The largest absolute Gasteiger partial charge is 0.490 e. The summed E-state index contributed by atoms with van der Waals surface area (Å²) >= 11 is 0. The maximum Gasteiger partial charge on any atom is 0.165 e. The number of benzene rings is 1. The summed E-state index contributed by atoms with van der Waals surface area (Å²) in [6.45, 7) is 5.95. The standard InChI is InChI=1S/C13H19FN2O/c1-9-4-5-10(14)11(8-9)17-7-6-13(2,3)12(15)16/h4-5,8H,6-7H2,1-3H3,(H3,15,16). The molecule has 0 aliphatic rings. The zero-order valence-electron chi connectivity index (χ0n) is 10.5. The van der Waals surface area contributed by atoms with Crippen LogP contribution in [0.1, 0.15) is 25.8 Å². The maximum absolute atomic E-state index is 13.4. The van der Waals surface area contributed by atoms with Crippen LogP contribution in [0.25, 0.3) is 0 Å². The van der Waals surface area contributed by atoms with E-state index in [4.69, 9.17) is 15.9 Å². The van der Waals surface area contributed by atoms with E-state index in [0.29, 0.717) is 13.0 Å². The van der Waals surface area contributed by atoms with Gasteiger partial charge in [-0.25, -0.2) is 4.39 Å². The second kappa shape index (κ2) is 5.17. The first-order valence-electron chi connectivity index (χ1n) is 5.56. The van der Waals surface area contributed by atoms with E-state index >= 15 is 0 Å². The molecule has 3 N–H and O–H groups in total. The van der Waals surface area contributed by atoms with Crippen molar-refractivity contribution in [3.63, 3.8) is 0 Å². The van der Waals surface area contributed by atoms with Crippen molar-refractivity contribution >= 4 is 5.84 Å². The Bertz CT molecular complexity index is 416. The number of nitrogens with two attached hydrogens (primary N) is 1. The van der Waals surface area contributed by atoms with E-state index in [1.54, 1.807) is 12.1 Å². The summed E-state index contributed by atoms with van der Waals surface area (Å²) in [5.74, 6) is 0.00592. The monoisotopic (exact) mass is 238 g/mol. The number of ether oxygens (including phenoxy) is 1. The van der Waals surface area contributed by atoms with Crippen LogP contribution in [0, 0.1) is 23.6 Å². The van der Waals surface area contributed by atoms with E-state index in [2.05, 4.69) is 0 Å². The fourth-order valence-corrected chi connectivity index (χ4v) is 1.27. The van der Waals surface area contributed by atoms with Gasteiger partial charge >= 0.3 is 0 Å². The number of hydrogen-bond acceptors (Lipinski definition) is 2. The summed E-state index contributed by atoms with van der Waals surface area (Å²) in [6, 6.07) is 4.75. The molecule has 0 aliphatic carbocycles. The van der Waals surface area contributed by atoms with Gasteiger partial charge in [-0.05, 0) is 31.0 Å². The third-order valence-electron chi connectivity index (χ3n) is 2.80. The number of halogens is 1. The summed E-state index contributed by atoms with van der Waals surface area (Å²) in [6.07, 6.45) is 0.579. The molecule has 4 heteroatoms. The first-order valence-corrected chi connectivity index (χ1v) is 5.56. The molecule has 0 saturated heterocycles. The molecule has 0 unspecified atom stereocenters. The molecule has 3 nitrogen and oxygen atoms in total. The van der Waals surface area contributed by atoms with Crippen molar-refractivity contribution in [3.8, 4) is 5.75 Å². The Hall–Kier alpha value is -1.58. The normalized spacial score (nSPS) is 11.3. The predicted octanol–water partition coefficient (Wildman–Crippen LogP) is 2.87. The van der Waals surface area contributed by atoms with Gasteiger partial charge in [0.1, 0.15) is 0 Å². The summed E-state index contributed by atoms with van der Waals surface area (Å²) in [5, 5.41) is 7.40. The van der Waals surface area contributed by atoms with Crippen molar-refractivity contribution in [2.75, 3.05) is 6.61 Å². The smallest absolute Gasteiger partial charge is 0.165 e. The molecule has 0 bridgehead atoms. The lowest BCUT2D eigenvalue weighted by Gasteiger charge is -2.22. The van der Waals surface area contributed by atoms with E-state index in [9.17, 15) is 4.39 Å². The van der Waals surface area contributed by atoms with Gasteiger partial charge in [-0.15, -0.1) is 0 Å². The van der Waals surface area contributed by atoms with E-state index < -0.39 is 5.41 Å². The fourth-order valence-electron chi connectivity index (χ4n) is 1.27. The van der Waals surface area contributed by atoms with Gasteiger partial charge in [-0.2, -0.15) is 0 Å². The molecule has 1 aromatic rings. The second-order valence-corrected chi connectivity index (χ2v) is 4.83. The van der Waals surface area contributed by atoms with E-state index in [0.717, 1.165) is 5.56 Å². The van der Waals surface area contributed by atoms with Crippen LogP contribution in [0.5, 0.6) is 5.75 Å². The van der Waals surface area contributed by atoms with Gasteiger partial charge in [-0.3, -0.25) is 5.41 Å². The quantitative estimate of drug-likeness (QED) is 0.612. The van der Waals surface area contributed by atoms with Crippen molar-refractivity contribution in [3.05, 3.63) is 29.6 Å². The van der Waals surface area contributed by atoms with Gasteiger partial charge in [0, 0.05) is 5.41 Å². The minimum atomic E-state index is -0.416. The van der Waals surface area contributed by atoms with Crippen molar-refractivity contribution in [1.82, 2.24) is 0 Å². The lowest BCUT2D eigenvalue weighted by atomic mass is 9.88. The van der Waals surface area contributed by atoms with Crippen LogP contribution in [0.3, 0.4) is 0 Å². The van der Waals surface area contributed by atoms with E-state index in [1.807, 2.05) is 20.8 Å². The lowest BCUT2D eigenvalue weighted by Crippen LogP contribution is -2.32. The molecule has 0 fully saturated rings. The van der Waals surface area contributed by atoms with Crippen LogP contribution < -0.4 is 10.5 Å². The Morgan fingerprint density at radius 3 is 2.71 bits per heavy atom. The number of nitrogens with one attached hydrogen (secondary N) is 1. The molecule has 94 valence electrons. The molecular weight excluding hydrogens is 219 g/mol. The highest BCUT2D eigenvalue weighted by atomic mass is 19.1. The zero-order chi connectivity index (χ0) is 13.1. The van der Waals surface area contributed by atoms with Gasteiger partial charge in [0.2, 0.25) is 0 Å². The SMILES string of the molecule is Cc1ccc(F)c(OCCC(C)(C)C(=N)N)c1. The topological polar surface area (TPSA) is 59.1 Å². The van der Waals surface area contributed by atoms with Gasteiger partial charge in [-0.1, -0.05) is 19.9 Å². The van der Waals surface area contributed by atoms with Crippen molar-refractivity contribution in [2.45, 2.75) is 27.2 Å². The highest BCUT2D eigenvalue weighted by Crippen LogP contribution is 2.22. The van der Waals surface area contributed by atoms with Crippen LogP contribution >= 0.6 is 0 Å². The Kier molecular flexibility index (Phi) is 4.10. The molecular formula is C13H19FN2O. The Labute approximate surface area is 101 Å². The van der Waals surface area contributed by atoms with Gasteiger partial charge in [0.05, 0.1) is 12.4 Å². The van der Waals surface area contributed by atoms with Gasteiger partial charge in [0.25, 0.3) is 0 Å². The summed E-state index contributed by atoms with van der Waals surface area (Å²) < 4.78 is 18.7. The summed E-state index contributed by atoms with van der Waals surface area (Å²) in [7, 11) is 0. The lowest BCUT2D eigenvalue weighted by molar-refractivity contribution is 0.258. The summed E-state index contributed by atoms with van der Waals surface area (Å²) in [5.41, 5.74) is 5.99. The molecule has 0 saturated carbocycles. The minimum absolute atomic E-state index is 0.116. The highest BCUT2D eigenvalue weighted by molar-refractivity contribution is 5.82. The van der Waals surface area contributed by atoms with Crippen LogP contribution in [0.4, 0.5) is 4.39 Å². The molecule has 0 aliphatic heterocycles. The Morgan fingerprint density at radius 2 is 2.12 bits per heavy atom. The molecule has 17 heavy (non-hydrogen) atoms.